The van der Waals surface area contributed by atoms with Crippen LogP contribution in [0.25, 0.3) is 0 Å². The highest BCUT2D eigenvalue weighted by Crippen LogP contribution is 2.15. The van der Waals surface area contributed by atoms with Crippen LogP contribution in [0.4, 0.5) is 5.82 Å². The SMILES string of the molecule is Cn1c(=O)cnn(CCCCN2CCN(c3cccc([125I])n3)CC2)c1=O. The molecule has 0 saturated carbocycles. The minimum absolute atomic E-state index is 0.351. The van der Waals surface area contributed by atoms with Crippen molar-refractivity contribution in [2.45, 2.75) is 19.4 Å². The van der Waals surface area contributed by atoms with Gasteiger partial charge >= 0.3 is 5.69 Å². The summed E-state index contributed by atoms with van der Waals surface area (Å²) in [5.74, 6) is 1.05. The highest BCUT2D eigenvalue weighted by molar-refractivity contribution is 14.1. The van der Waals surface area contributed by atoms with E-state index >= 15 is 0 Å². The number of hydrogen-bond acceptors (Lipinski definition) is 6. The van der Waals surface area contributed by atoms with Crippen molar-refractivity contribution in [1.82, 2.24) is 24.2 Å². The van der Waals surface area contributed by atoms with E-state index in [1.807, 2.05) is 12.1 Å². The molecule has 0 N–H and O–H groups in total. The van der Waals surface area contributed by atoms with Crippen LogP contribution in [0.1, 0.15) is 12.8 Å². The minimum Gasteiger partial charge on any atom is -0.354 e. The van der Waals surface area contributed by atoms with Gasteiger partial charge in [0.05, 0.1) is 0 Å². The molecule has 0 aliphatic carbocycles. The fourth-order valence-corrected chi connectivity index (χ4v) is 3.50. The molecule has 140 valence electrons. The van der Waals surface area contributed by atoms with Gasteiger partial charge in [0.25, 0.3) is 5.56 Å². The van der Waals surface area contributed by atoms with E-state index in [0.29, 0.717) is 6.54 Å². The molecule has 3 heterocycles. The highest BCUT2D eigenvalue weighted by Gasteiger charge is 2.17. The molecule has 3 rings (SSSR count). The first-order valence-electron chi connectivity index (χ1n) is 8.77. The average molecular weight is 468 g/mol. The third-order valence-electron chi connectivity index (χ3n) is 4.64. The Morgan fingerprint density at radius 2 is 1.81 bits per heavy atom. The maximum atomic E-state index is 11.9. The summed E-state index contributed by atoms with van der Waals surface area (Å²) in [7, 11) is 1.48. The van der Waals surface area contributed by atoms with Crippen LogP contribution in [0.5, 0.6) is 0 Å². The standard InChI is InChI=1S/C17H23IN6O2/c1-21-16(25)13-19-24(17(21)26)8-3-2-7-22-9-11-23(12-10-22)15-6-4-5-14(18)20-15/h4-6,13H,2-3,7-12H2,1H3/i18-2. The minimum atomic E-state index is -0.369. The zero-order valence-electron chi connectivity index (χ0n) is 14.8. The van der Waals surface area contributed by atoms with Crippen LogP contribution < -0.4 is 16.1 Å². The second-order valence-corrected chi connectivity index (χ2v) is 7.51. The number of aromatic nitrogens is 4. The van der Waals surface area contributed by atoms with Crippen molar-refractivity contribution in [3.05, 3.63) is 48.9 Å². The number of hydrogen-bond donors (Lipinski definition) is 0. The van der Waals surface area contributed by atoms with Gasteiger partial charge in [-0.2, -0.15) is 5.10 Å². The summed E-state index contributed by atoms with van der Waals surface area (Å²) in [5, 5.41) is 3.92. The second kappa shape index (κ2) is 8.76. The van der Waals surface area contributed by atoms with Crippen LogP contribution in [0.2, 0.25) is 0 Å². The van der Waals surface area contributed by atoms with Gasteiger partial charge in [-0.15, -0.1) is 0 Å². The zero-order chi connectivity index (χ0) is 18.5. The first-order valence-corrected chi connectivity index (χ1v) is 9.85. The van der Waals surface area contributed by atoms with Crippen LogP contribution in [0.3, 0.4) is 0 Å². The maximum absolute atomic E-state index is 11.9. The van der Waals surface area contributed by atoms with Gasteiger partial charge in [-0.3, -0.25) is 14.3 Å². The largest absolute Gasteiger partial charge is 0.354 e. The third-order valence-corrected chi connectivity index (χ3v) is 5.24. The zero-order valence-corrected chi connectivity index (χ0v) is 17.0. The molecule has 8 nitrogen and oxygen atoms in total. The summed E-state index contributed by atoms with van der Waals surface area (Å²) < 4.78 is 3.47. The predicted octanol–water partition coefficient (Wildman–Crippen LogP) is 0.544. The Kier molecular flexibility index (Phi) is 6.41. The van der Waals surface area contributed by atoms with Crippen molar-refractivity contribution in [1.29, 1.82) is 0 Å². The number of nitrogens with zero attached hydrogens (tertiary/aromatic N) is 6. The fourth-order valence-electron chi connectivity index (χ4n) is 3.05. The molecule has 1 fully saturated rings. The van der Waals surface area contributed by atoms with E-state index in [9.17, 15) is 9.59 Å². The molecular weight excluding hydrogens is 445 g/mol. The van der Waals surface area contributed by atoms with E-state index in [2.05, 4.69) is 48.5 Å². The molecule has 0 spiro atoms. The first kappa shape index (κ1) is 19.0. The number of aryl methyl sites for hydroxylation is 1. The van der Waals surface area contributed by atoms with Crippen molar-refractivity contribution in [3.8, 4) is 0 Å². The van der Waals surface area contributed by atoms with Gasteiger partial charge in [0.15, 0.2) is 0 Å². The Hall–Kier alpha value is -1.75. The van der Waals surface area contributed by atoms with E-state index in [4.69, 9.17) is 0 Å². The Labute approximate surface area is 165 Å². The molecule has 2 aromatic rings. The van der Waals surface area contributed by atoms with E-state index in [1.54, 1.807) is 0 Å². The van der Waals surface area contributed by atoms with Gasteiger partial charge < -0.3 is 4.90 Å². The smallest absolute Gasteiger partial charge is 0.347 e. The lowest BCUT2D eigenvalue weighted by molar-refractivity contribution is 0.249. The Balaban J connectivity index is 1.41. The predicted molar refractivity (Wildman–Crippen MR) is 109 cm³/mol. The first-order chi connectivity index (χ1) is 12.5. The van der Waals surface area contributed by atoms with Crippen LogP contribution in [-0.4, -0.2) is 57.0 Å². The van der Waals surface area contributed by atoms with Crippen LogP contribution in [0.15, 0.2) is 34.0 Å². The number of rotatable bonds is 6. The molecule has 1 saturated heterocycles. The summed E-state index contributed by atoms with van der Waals surface area (Å²) in [4.78, 5) is 32.6. The molecule has 0 unspecified atom stereocenters. The number of pyridine rings is 1. The highest BCUT2D eigenvalue weighted by atomic mass is 125. The maximum Gasteiger partial charge on any atom is 0.347 e. The van der Waals surface area contributed by atoms with E-state index in [0.717, 1.165) is 59.7 Å². The monoisotopic (exact) mass is 468 g/mol. The third kappa shape index (κ3) is 4.70. The summed E-state index contributed by atoms with van der Waals surface area (Å²) in [6, 6.07) is 6.12. The van der Waals surface area contributed by atoms with Gasteiger partial charge in [0.2, 0.25) is 0 Å². The Morgan fingerprint density at radius 1 is 1.08 bits per heavy atom. The van der Waals surface area contributed by atoms with E-state index in [-0.39, 0.29) is 11.2 Å². The molecule has 2 aromatic heterocycles. The van der Waals surface area contributed by atoms with Gasteiger partial charge in [-0.25, -0.2) is 14.5 Å². The van der Waals surface area contributed by atoms with Crippen molar-refractivity contribution in [3.63, 3.8) is 0 Å². The van der Waals surface area contributed by atoms with E-state index < -0.39 is 0 Å². The molecule has 26 heavy (non-hydrogen) atoms. The van der Waals surface area contributed by atoms with Crippen LogP contribution >= 0.6 is 22.6 Å². The Morgan fingerprint density at radius 3 is 2.54 bits per heavy atom. The van der Waals surface area contributed by atoms with Gasteiger partial charge in [0.1, 0.15) is 15.7 Å². The molecule has 0 radical (unpaired) electrons. The number of unbranched alkanes of at least 4 members (excludes halogenated alkanes) is 1. The van der Waals surface area contributed by atoms with Crippen molar-refractivity contribution < 1.29 is 0 Å². The number of halogens is 1. The Bertz CT molecular complexity index is 857. The van der Waals surface area contributed by atoms with E-state index in [1.165, 1.54) is 17.9 Å². The summed E-state index contributed by atoms with van der Waals surface area (Å²) >= 11 is 2.24. The van der Waals surface area contributed by atoms with Crippen molar-refractivity contribution in [2.24, 2.45) is 7.05 Å². The average Bonchev–Trinajstić information content (AvgIpc) is 2.65. The topological polar surface area (TPSA) is 76.3 Å². The van der Waals surface area contributed by atoms with Gasteiger partial charge in [-0.05, 0) is 54.1 Å². The molecule has 1 aliphatic rings. The lowest BCUT2D eigenvalue weighted by atomic mass is 10.2. The van der Waals surface area contributed by atoms with Gasteiger partial charge in [0, 0.05) is 39.8 Å². The van der Waals surface area contributed by atoms with Gasteiger partial charge in [-0.1, -0.05) is 6.07 Å². The summed E-state index contributed by atoms with van der Waals surface area (Å²) in [5.41, 5.74) is -0.720. The fraction of sp³-hybridized carbons (Fsp3) is 0.529. The molecule has 0 amide bonds. The summed E-state index contributed by atoms with van der Waals surface area (Å²) in [6.07, 6.45) is 3.06. The molecular formula is C17H23IN6O2. The lowest BCUT2D eigenvalue weighted by Gasteiger charge is -2.35. The molecule has 0 bridgehead atoms. The van der Waals surface area contributed by atoms with Crippen molar-refractivity contribution in [2.75, 3.05) is 37.6 Å². The molecule has 1 aliphatic heterocycles. The lowest BCUT2D eigenvalue weighted by Crippen LogP contribution is -2.47. The number of anilines is 1. The second-order valence-electron chi connectivity index (χ2n) is 6.40. The van der Waals surface area contributed by atoms with Crippen LogP contribution in [-0.2, 0) is 13.6 Å². The van der Waals surface area contributed by atoms with Crippen LogP contribution in [0, 0.1) is 3.70 Å². The molecule has 9 heteroatoms. The number of piperazine rings is 1. The molecule has 0 atom stereocenters. The normalized spacial score (nSPS) is 15.4. The van der Waals surface area contributed by atoms with Crippen molar-refractivity contribution >= 4 is 28.4 Å². The quantitative estimate of drug-likeness (QED) is 0.350. The molecule has 0 aromatic carbocycles. The summed E-state index contributed by atoms with van der Waals surface area (Å²) in [6.45, 7) is 5.55.